The van der Waals surface area contributed by atoms with Crippen molar-refractivity contribution in [3.8, 4) is 5.75 Å². The molecule has 0 aliphatic heterocycles. The van der Waals surface area contributed by atoms with E-state index in [2.05, 4.69) is 10.6 Å². The average Bonchev–Trinajstić information content (AvgIpc) is 3.32. The van der Waals surface area contributed by atoms with E-state index in [1.165, 1.54) is 16.9 Å². The van der Waals surface area contributed by atoms with Gasteiger partial charge in [-0.15, -0.1) is 11.3 Å². The minimum Gasteiger partial charge on any atom is -0.497 e. The number of aryl methyl sites for hydroxylation is 1. The SMILES string of the molecule is COc1ccc2c(c1)CCCC2NC(=O)/C(=C/c1cccs1)NC(=O)c1ccccc1. The molecule has 2 aromatic carbocycles. The van der Waals surface area contributed by atoms with Crippen LogP contribution in [0.25, 0.3) is 6.08 Å². The molecular weight excluding hydrogens is 408 g/mol. The van der Waals surface area contributed by atoms with Crippen LogP contribution in [0.5, 0.6) is 5.75 Å². The summed E-state index contributed by atoms with van der Waals surface area (Å²) >= 11 is 1.51. The van der Waals surface area contributed by atoms with Crippen LogP contribution in [-0.2, 0) is 11.2 Å². The molecule has 158 valence electrons. The smallest absolute Gasteiger partial charge is 0.268 e. The molecule has 31 heavy (non-hydrogen) atoms. The Hall–Kier alpha value is -3.38. The zero-order valence-corrected chi connectivity index (χ0v) is 18.1. The third-order valence-electron chi connectivity index (χ3n) is 5.33. The number of amides is 2. The first-order valence-corrected chi connectivity index (χ1v) is 11.1. The van der Waals surface area contributed by atoms with Crippen LogP contribution >= 0.6 is 11.3 Å². The Morgan fingerprint density at radius 2 is 1.94 bits per heavy atom. The van der Waals surface area contributed by atoms with Gasteiger partial charge in [-0.2, -0.15) is 0 Å². The number of methoxy groups -OCH3 is 1. The molecule has 5 nitrogen and oxygen atoms in total. The monoisotopic (exact) mass is 432 g/mol. The molecule has 1 aliphatic rings. The molecule has 2 N–H and O–H groups in total. The molecule has 0 saturated carbocycles. The van der Waals surface area contributed by atoms with Crippen LogP contribution < -0.4 is 15.4 Å². The van der Waals surface area contributed by atoms with Crippen LogP contribution in [-0.4, -0.2) is 18.9 Å². The van der Waals surface area contributed by atoms with Gasteiger partial charge in [0.2, 0.25) is 0 Å². The summed E-state index contributed by atoms with van der Waals surface area (Å²) in [6.07, 6.45) is 4.51. The van der Waals surface area contributed by atoms with E-state index < -0.39 is 0 Å². The minimum absolute atomic E-state index is 0.109. The zero-order chi connectivity index (χ0) is 21.6. The maximum atomic E-state index is 13.2. The lowest BCUT2D eigenvalue weighted by Gasteiger charge is -2.27. The van der Waals surface area contributed by atoms with Crippen molar-refractivity contribution in [2.75, 3.05) is 7.11 Å². The fraction of sp³-hybridized carbons (Fsp3) is 0.200. The van der Waals surface area contributed by atoms with Crippen LogP contribution in [0.4, 0.5) is 0 Å². The topological polar surface area (TPSA) is 67.4 Å². The first-order valence-electron chi connectivity index (χ1n) is 10.2. The summed E-state index contributed by atoms with van der Waals surface area (Å²) in [7, 11) is 1.65. The zero-order valence-electron chi connectivity index (χ0n) is 17.3. The number of benzene rings is 2. The molecule has 0 bridgehead atoms. The number of carbonyl (C=O) groups is 2. The van der Waals surface area contributed by atoms with Crippen molar-refractivity contribution in [1.29, 1.82) is 0 Å². The number of hydrogen-bond donors (Lipinski definition) is 2. The Bertz CT molecular complexity index is 1090. The fourth-order valence-electron chi connectivity index (χ4n) is 3.76. The van der Waals surface area contributed by atoms with Gasteiger partial charge in [-0.3, -0.25) is 9.59 Å². The van der Waals surface area contributed by atoms with Crippen LogP contribution in [0.3, 0.4) is 0 Å². The van der Waals surface area contributed by atoms with Crippen molar-refractivity contribution in [1.82, 2.24) is 10.6 Å². The van der Waals surface area contributed by atoms with E-state index in [0.717, 1.165) is 35.5 Å². The molecule has 0 radical (unpaired) electrons. The lowest BCUT2D eigenvalue weighted by atomic mass is 9.87. The van der Waals surface area contributed by atoms with Gasteiger partial charge >= 0.3 is 0 Å². The predicted molar refractivity (Wildman–Crippen MR) is 123 cm³/mol. The van der Waals surface area contributed by atoms with Crippen LogP contribution in [0.1, 0.15) is 45.2 Å². The Balaban J connectivity index is 1.56. The van der Waals surface area contributed by atoms with Gasteiger partial charge in [-0.1, -0.05) is 30.3 Å². The normalized spacial score (nSPS) is 15.6. The quantitative estimate of drug-likeness (QED) is 0.554. The number of fused-ring (bicyclic) bond motifs is 1. The maximum absolute atomic E-state index is 13.2. The first kappa shape index (κ1) is 20.9. The van der Waals surface area contributed by atoms with Crippen LogP contribution in [0.2, 0.25) is 0 Å². The predicted octanol–water partition coefficient (Wildman–Crippen LogP) is 4.72. The molecule has 1 aliphatic carbocycles. The van der Waals surface area contributed by atoms with Gasteiger partial charge in [0.15, 0.2) is 0 Å². The first-order chi connectivity index (χ1) is 15.1. The van der Waals surface area contributed by atoms with Crippen molar-refractivity contribution < 1.29 is 14.3 Å². The highest BCUT2D eigenvalue weighted by molar-refractivity contribution is 7.10. The highest BCUT2D eigenvalue weighted by Gasteiger charge is 2.24. The van der Waals surface area contributed by atoms with E-state index in [-0.39, 0.29) is 23.6 Å². The van der Waals surface area contributed by atoms with E-state index in [9.17, 15) is 9.59 Å². The van der Waals surface area contributed by atoms with Crippen molar-refractivity contribution in [2.45, 2.75) is 25.3 Å². The highest BCUT2D eigenvalue weighted by atomic mass is 32.1. The van der Waals surface area contributed by atoms with Gasteiger partial charge < -0.3 is 15.4 Å². The number of nitrogens with one attached hydrogen (secondary N) is 2. The number of hydrogen-bond acceptors (Lipinski definition) is 4. The molecule has 4 rings (SSSR count). The number of carbonyl (C=O) groups excluding carboxylic acids is 2. The summed E-state index contributed by atoms with van der Waals surface area (Å²) in [5.74, 6) is 0.206. The third kappa shape index (κ3) is 5.03. The van der Waals surface area contributed by atoms with Crippen molar-refractivity contribution in [3.05, 3.63) is 93.3 Å². The second-order valence-corrected chi connectivity index (χ2v) is 8.36. The van der Waals surface area contributed by atoms with Gasteiger partial charge in [-0.25, -0.2) is 0 Å². The van der Waals surface area contributed by atoms with E-state index in [1.807, 2.05) is 41.8 Å². The Morgan fingerprint density at radius 3 is 2.68 bits per heavy atom. The molecule has 1 aromatic heterocycles. The molecule has 1 heterocycles. The molecule has 1 unspecified atom stereocenters. The van der Waals surface area contributed by atoms with Gasteiger partial charge in [0.25, 0.3) is 11.8 Å². The molecule has 0 saturated heterocycles. The largest absolute Gasteiger partial charge is 0.497 e. The van der Waals surface area contributed by atoms with Crippen molar-refractivity contribution >= 4 is 29.2 Å². The lowest BCUT2D eigenvalue weighted by Crippen LogP contribution is -2.37. The second-order valence-electron chi connectivity index (χ2n) is 7.38. The summed E-state index contributed by atoms with van der Waals surface area (Å²) in [6.45, 7) is 0. The standard InChI is InChI=1S/C25H24N2O3S/c1-30-19-12-13-21-18(15-19)9-5-11-22(21)26-25(29)23(16-20-10-6-14-31-20)27-24(28)17-7-3-2-4-8-17/h2-4,6-8,10,12-16,22H,5,9,11H2,1H3,(H,26,29)(H,27,28)/b23-16-. The van der Waals surface area contributed by atoms with Gasteiger partial charge in [-0.05, 0) is 72.2 Å². The lowest BCUT2D eigenvalue weighted by molar-refractivity contribution is -0.118. The Labute approximate surface area is 185 Å². The molecular formula is C25H24N2O3S. The summed E-state index contributed by atoms with van der Waals surface area (Å²) in [5, 5.41) is 7.86. The Kier molecular flexibility index (Phi) is 6.48. The van der Waals surface area contributed by atoms with Gasteiger partial charge in [0.05, 0.1) is 13.2 Å². The van der Waals surface area contributed by atoms with Crippen LogP contribution in [0, 0.1) is 0 Å². The molecule has 0 fully saturated rings. The molecule has 0 spiro atoms. The van der Waals surface area contributed by atoms with Crippen LogP contribution in [0.15, 0.2) is 71.7 Å². The number of rotatable bonds is 6. The molecule has 6 heteroatoms. The molecule has 2 amide bonds. The summed E-state index contributed by atoms with van der Waals surface area (Å²) in [4.78, 5) is 26.8. The van der Waals surface area contributed by atoms with Gasteiger partial charge in [0, 0.05) is 10.4 Å². The molecule has 1 atom stereocenters. The maximum Gasteiger partial charge on any atom is 0.268 e. The number of ether oxygens (including phenoxy) is 1. The van der Waals surface area contributed by atoms with E-state index >= 15 is 0 Å². The van der Waals surface area contributed by atoms with Crippen molar-refractivity contribution in [3.63, 3.8) is 0 Å². The highest BCUT2D eigenvalue weighted by Crippen LogP contribution is 2.32. The summed E-state index contributed by atoms with van der Waals surface area (Å²) in [6, 6.07) is 18.6. The summed E-state index contributed by atoms with van der Waals surface area (Å²) < 4.78 is 5.34. The second kappa shape index (κ2) is 9.62. The average molecular weight is 433 g/mol. The number of thiophene rings is 1. The van der Waals surface area contributed by atoms with E-state index in [1.54, 1.807) is 37.5 Å². The third-order valence-corrected chi connectivity index (χ3v) is 6.15. The minimum atomic E-state index is -0.313. The van der Waals surface area contributed by atoms with E-state index in [0.29, 0.717) is 5.56 Å². The van der Waals surface area contributed by atoms with Crippen molar-refractivity contribution in [2.24, 2.45) is 0 Å². The van der Waals surface area contributed by atoms with E-state index in [4.69, 9.17) is 4.74 Å². The molecule has 3 aromatic rings. The summed E-state index contributed by atoms with van der Waals surface area (Å²) in [5.41, 5.74) is 3.03. The Morgan fingerprint density at radius 1 is 1.10 bits per heavy atom. The fourth-order valence-corrected chi connectivity index (χ4v) is 4.42. The van der Waals surface area contributed by atoms with Gasteiger partial charge in [0.1, 0.15) is 11.4 Å².